The van der Waals surface area contributed by atoms with Crippen LogP contribution in [0.3, 0.4) is 0 Å². The Morgan fingerprint density at radius 1 is 1.08 bits per heavy atom. The van der Waals surface area contributed by atoms with Gasteiger partial charge in [0.2, 0.25) is 11.8 Å². The number of rotatable bonds is 6. The van der Waals surface area contributed by atoms with Crippen molar-refractivity contribution in [1.29, 1.82) is 0 Å². The van der Waals surface area contributed by atoms with Crippen LogP contribution in [0.4, 0.5) is 0 Å². The number of carbonyl (C=O) groups is 2. The number of fused-ring (bicyclic) bond motifs is 1. The number of nitrogens with one attached hydrogen (secondary N) is 1. The monoisotopic (exact) mass is 352 g/mol. The largest absolute Gasteiger partial charge is 0.496 e. The van der Waals surface area contributed by atoms with Gasteiger partial charge < -0.3 is 15.0 Å². The Morgan fingerprint density at radius 3 is 2.62 bits per heavy atom. The highest BCUT2D eigenvalue weighted by Crippen LogP contribution is 2.19. The van der Waals surface area contributed by atoms with Gasteiger partial charge in [-0.3, -0.25) is 9.59 Å². The van der Waals surface area contributed by atoms with Gasteiger partial charge in [0.1, 0.15) is 12.2 Å². The molecule has 0 saturated heterocycles. The van der Waals surface area contributed by atoms with Crippen LogP contribution < -0.4 is 10.1 Å². The number of carbonyl (C=O) groups excluding carboxylic acids is 2. The Balaban J connectivity index is 1.46. The lowest BCUT2D eigenvalue weighted by atomic mass is 10.00. The summed E-state index contributed by atoms with van der Waals surface area (Å²) in [6.45, 7) is 1.74. The first-order chi connectivity index (χ1) is 12.7. The van der Waals surface area contributed by atoms with Crippen molar-refractivity contribution in [2.75, 3.05) is 20.2 Å². The van der Waals surface area contributed by atoms with Gasteiger partial charge in [0.15, 0.2) is 0 Å². The molecule has 2 aromatic carbocycles. The highest BCUT2D eigenvalue weighted by Gasteiger charge is 2.22. The quantitative estimate of drug-likeness (QED) is 0.812. The molecule has 2 amide bonds. The van der Waals surface area contributed by atoms with Crippen molar-refractivity contribution in [3.8, 4) is 5.75 Å². The van der Waals surface area contributed by atoms with Crippen LogP contribution in [0.25, 0.3) is 0 Å². The Labute approximate surface area is 154 Å². The van der Waals surface area contributed by atoms with Crippen LogP contribution in [0.5, 0.6) is 5.75 Å². The topological polar surface area (TPSA) is 58.6 Å². The maximum Gasteiger partial charge on any atom is 0.232 e. The molecule has 0 unspecified atom stereocenters. The van der Waals surface area contributed by atoms with Gasteiger partial charge in [0, 0.05) is 19.6 Å². The van der Waals surface area contributed by atoms with Crippen LogP contribution in [0.2, 0.25) is 0 Å². The molecule has 1 aliphatic rings. The number of methoxy groups -OCH3 is 1. The molecule has 1 N–H and O–H groups in total. The van der Waals surface area contributed by atoms with Crippen molar-refractivity contribution in [3.05, 3.63) is 65.2 Å². The molecular formula is C21H24N2O3. The fraction of sp³-hybridized carbons (Fsp3) is 0.333. The summed E-state index contributed by atoms with van der Waals surface area (Å²) >= 11 is 0. The van der Waals surface area contributed by atoms with Crippen molar-refractivity contribution < 1.29 is 14.3 Å². The Kier molecular flexibility index (Phi) is 5.89. The minimum Gasteiger partial charge on any atom is -0.496 e. The van der Waals surface area contributed by atoms with Gasteiger partial charge in [0.25, 0.3) is 0 Å². The highest BCUT2D eigenvalue weighted by molar-refractivity contribution is 5.96. The molecule has 26 heavy (non-hydrogen) atoms. The molecule has 0 aliphatic carbocycles. The minimum absolute atomic E-state index is 0.103. The second kappa shape index (κ2) is 8.52. The van der Waals surface area contributed by atoms with E-state index in [0.29, 0.717) is 26.1 Å². The third-order valence-electron chi connectivity index (χ3n) is 4.70. The summed E-state index contributed by atoms with van der Waals surface area (Å²) in [4.78, 5) is 26.3. The molecule has 1 heterocycles. The standard InChI is InChI=1S/C21H24N2O3/c1-26-19-9-5-4-7-17(19)10-12-22-20(24)14-21(25)23-13-11-16-6-2-3-8-18(16)15-23/h2-9H,10-15H2,1H3,(H,22,24). The highest BCUT2D eigenvalue weighted by atomic mass is 16.5. The molecule has 0 aromatic heterocycles. The van der Waals surface area contributed by atoms with Gasteiger partial charge in [-0.1, -0.05) is 42.5 Å². The second-order valence-electron chi connectivity index (χ2n) is 6.42. The van der Waals surface area contributed by atoms with Crippen LogP contribution in [0, 0.1) is 0 Å². The van der Waals surface area contributed by atoms with E-state index in [-0.39, 0.29) is 18.2 Å². The maximum atomic E-state index is 12.4. The van der Waals surface area contributed by atoms with Gasteiger partial charge in [-0.15, -0.1) is 0 Å². The predicted octanol–water partition coefficient (Wildman–Crippen LogP) is 2.33. The molecule has 0 atom stereocenters. The summed E-state index contributed by atoms with van der Waals surface area (Å²) < 4.78 is 5.30. The fourth-order valence-electron chi connectivity index (χ4n) is 3.27. The molecule has 3 rings (SSSR count). The first kappa shape index (κ1) is 18.0. The molecule has 0 fully saturated rings. The van der Waals surface area contributed by atoms with Gasteiger partial charge in [-0.25, -0.2) is 0 Å². The molecule has 5 nitrogen and oxygen atoms in total. The van der Waals surface area contributed by atoms with E-state index < -0.39 is 0 Å². The number of hydrogen-bond acceptors (Lipinski definition) is 3. The van der Waals surface area contributed by atoms with E-state index in [2.05, 4.69) is 11.4 Å². The number of ether oxygens (including phenoxy) is 1. The molecule has 2 aromatic rings. The smallest absolute Gasteiger partial charge is 0.232 e. The van der Waals surface area contributed by atoms with Crippen molar-refractivity contribution in [2.45, 2.75) is 25.8 Å². The lowest BCUT2D eigenvalue weighted by molar-refractivity contribution is -0.136. The van der Waals surface area contributed by atoms with Crippen LogP contribution in [-0.4, -0.2) is 36.9 Å². The van der Waals surface area contributed by atoms with Crippen molar-refractivity contribution in [1.82, 2.24) is 10.2 Å². The fourth-order valence-corrected chi connectivity index (χ4v) is 3.27. The van der Waals surface area contributed by atoms with Crippen molar-refractivity contribution in [2.24, 2.45) is 0 Å². The summed E-state index contributed by atoms with van der Waals surface area (Å²) in [5.74, 6) is 0.461. The lowest BCUT2D eigenvalue weighted by Crippen LogP contribution is -2.39. The van der Waals surface area contributed by atoms with Crippen molar-refractivity contribution in [3.63, 3.8) is 0 Å². The summed E-state index contributed by atoms with van der Waals surface area (Å²) in [5.41, 5.74) is 3.50. The molecule has 0 radical (unpaired) electrons. The van der Waals surface area contributed by atoms with E-state index in [0.717, 1.165) is 17.7 Å². The van der Waals surface area contributed by atoms with Crippen LogP contribution in [-0.2, 0) is 29.0 Å². The first-order valence-electron chi connectivity index (χ1n) is 8.90. The summed E-state index contributed by atoms with van der Waals surface area (Å²) in [5, 5.41) is 2.83. The zero-order valence-electron chi connectivity index (χ0n) is 15.0. The Hall–Kier alpha value is -2.82. The van der Waals surface area contributed by atoms with E-state index in [1.54, 1.807) is 12.0 Å². The van der Waals surface area contributed by atoms with E-state index in [4.69, 9.17) is 4.74 Å². The molecule has 0 spiro atoms. The SMILES string of the molecule is COc1ccccc1CCNC(=O)CC(=O)N1CCc2ccccc2C1. The average molecular weight is 352 g/mol. The average Bonchev–Trinajstić information content (AvgIpc) is 2.68. The first-order valence-corrected chi connectivity index (χ1v) is 8.90. The van der Waals surface area contributed by atoms with E-state index in [9.17, 15) is 9.59 Å². The van der Waals surface area contributed by atoms with E-state index in [1.807, 2.05) is 42.5 Å². The molecule has 136 valence electrons. The van der Waals surface area contributed by atoms with Gasteiger partial charge >= 0.3 is 0 Å². The second-order valence-corrected chi connectivity index (χ2v) is 6.42. The molecule has 1 aliphatic heterocycles. The van der Waals surface area contributed by atoms with E-state index in [1.165, 1.54) is 11.1 Å². The predicted molar refractivity (Wildman–Crippen MR) is 99.9 cm³/mol. The van der Waals surface area contributed by atoms with Crippen LogP contribution >= 0.6 is 0 Å². The van der Waals surface area contributed by atoms with E-state index >= 15 is 0 Å². The van der Waals surface area contributed by atoms with Gasteiger partial charge in [-0.05, 0) is 35.6 Å². The van der Waals surface area contributed by atoms with Crippen molar-refractivity contribution >= 4 is 11.8 Å². The van der Waals surface area contributed by atoms with Gasteiger partial charge in [0.05, 0.1) is 7.11 Å². The molecule has 0 bridgehead atoms. The zero-order chi connectivity index (χ0) is 18.4. The molecular weight excluding hydrogens is 328 g/mol. The van der Waals surface area contributed by atoms with Crippen LogP contribution in [0.15, 0.2) is 48.5 Å². The summed E-state index contributed by atoms with van der Waals surface area (Å²) in [6.07, 6.45) is 1.41. The Morgan fingerprint density at radius 2 is 1.81 bits per heavy atom. The van der Waals surface area contributed by atoms with Crippen LogP contribution in [0.1, 0.15) is 23.1 Å². The maximum absolute atomic E-state index is 12.4. The molecule has 0 saturated carbocycles. The summed E-state index contributed by atoms with van der Waals surface area (Å²) in [7, 11) is 1.63. The third kappa shape index (κ3) is 4.42. The van der Waals surface area contributed by atoms with Gasteiger partial charge in [-0.2, -0.15) is 0 Å². The number of nitrogens with zero attached hydrogens (tertiary/aromatic N) is 1. The number of hydrogen-bond donors (Lipinski definition) is 1. The zero-order valence-corrected chi connectivity index (χ0v) is 15.0. The lowest BCUT2D eigenvalue weighted by Gasteiger charge is -2.28. The number of para-hydroxylation sites is 1. The molecule has 5 heteroatoms. The minimum atomic E-state index is -0.233. The Bertz CT molecular complexity index is 788. The number of amides is 2. The third-order valence-corrected chi connectivity index (χ3v) is 4.70. The summed E-state index contributed by atoms with van der Waals surface area (Å²) in [6, 6.07) is 15.9. The number of benzene rings is 2. The normalized spacial score (nSPS) is 13.0.